The molecule has 3 N–H and O–H groups in total. The highest BCUT2D eigenvalue weighted by atomic mass is 35.5. The van der Waals surface area contributed by atoms with Crippen LogP contribution >= 0.6 is 11.6 Å². The van der Waals surface area contributed by atoms with Gasteiger partial charge in [-0.2, -0.15) is 0 Å². The van der Waals surface area contributed by atoms with Crippen LogP contribution in [-0.4, -0.2) is 19.0 Å². The van der Waals surface area contributed by atoms with E-state index in [4.69, 9.17) is 17.3 Å². The van der Waals surface area contributed by atoms with Crippen molar-refractivity contribution in [1.82, 2.24) is 0 Å². The minimum Gasteiger partial charge on any atom is -0.399 e. The van der Waals surface area contributed by atoms with Crippen molar-refractivity contribution in [2.75, 3.05) is 29.0 Å². The summed E-state index contributed by atoms with van der Waals surface area (Å²) in [5.74, 6) is -0.225. The molecule has 2 aromatic rings. The first-order valence-electron chi connectivity index (χ1n) is 7.35. The van der Waals surface area contributed by atoms with Crippen LogP contribution in [0.2, 0.25) is 5.02 Å². The van der Waals surface area contributed by atoms with Crippen molar-refractivity contribution >= 4 is 34.6 Å². The van der Waals surface area contributed by atoms with E-state index in [1.807, 2.05) is 12.1 Å². The second kappa shape index (κ2) is 6.28. The second-order valence-corrected chi connectivity index (χ2v) is 5.81. The van der Waals surface area contributed by atoms with E-state index in [1.54, 1.807) is 30.3 Å². The molecule has 3 rings (SSSR count). The van der Waals surface area contributed by atoms with E-state index < -0.39 is 0 Å². The Kier molecular flexibility index (Phi) is 4.20. The quantitative estimate of drug-likeness (QED) is 0.848. The van der Waals surface area contributed by atoms with E-state index in [0.717, 1.165) is 24.5 Å². The number of nitrogens with zero attached hydrogens (tertiary/aromatic N) is 1. The Morgan fingerprint density at radius 1 is 1.14 bits per heavy atom. The maximum atomic E-state index is 12.5. The molecule has 22 heavy (non-hydrogen) atoms. The fourth-order valence-corrected chi connectivity index (χ4v) is 2.94. The van der Waals surface area contributed by atoms with Crippen molar-refractivity contribution in [3.63, 3.8) is 0 Å². The lowest BCUT2D eigenvalue weighted by molar-refractivity contribution is 0.102. The average Bonchev–Trinajstić information content (AvgIpc) is 3.02. The van der Waals surface area contributed by atoms with Crippen molar-refractivity contribution < 1.29 is 4.79 Å². The lowest BCUT2D eigenvalue weighted by Crippen LogP contribution is -2.21. The van der Waals surface area contributed by atoms with Crippen molar-refractivity contribution in [1.29, 1.82) is 0 Å². The number of nitrogen functional groups attached to an aromatic ring is 1. The van der Waals surface area contributed by atoms with Gasteiger partial charge in [-0.25, -0.2) is 0 Å². The standard InChI is InChI=1S/C17H18ClN3O/c18-14-6-2-1-5-13(14)17(22)20-15-11-12(19)7-8-16(15)21-9-3-4-10-21/h1-2,5-8,11H,3-4,9-10,19H2,(H,20,22). The van der Waals surface area contributed by atoms with Crippen LogP contribution in [0.3, 0.4) is 0 Å². The van der Waals surface area contributed by atoms with Crippen molar-refractivity contribution in [3.05, 3.63) is 53.1 Å². The molecule has 0 aromatic heterocycles. The Balaban J connectivity index is 1.89. The smallest absolute Gasteiger partial charge is 0.257 e. The van der Waals surface area contributed by atoms with Crippen LogP contribution in [0.4, 0.5) is 17.1 Å². The molecule has 1 heterocycles. The molecule has 1 aliphatic rings. The maximum absolute atomic E-state index is 12.5. The summed E-state index contributed by atoms with van der Waals surface area (Å²) >= 11 is 6.09. The third-order valence-electron chi connectivity index (χ3n) is 3.83. The average molecular weight is 316 g/mol. The van der Waals surface area contributed by atoms with Gasteiger partial charge in [-0.3, -0.25) is 4.79 Å². The molecular formula is C17H18ClN3O. The molecule has 0 aliphatic carbocycles. The third-order valence-corrected chi connectivity index (χ3v) is 4.16. The topological polar surface area (TPSA) is 58.4 Å². The van der Waals surface area contributed by atoms with Gasteiger partial charge in [-0.15, -0.1) is 0 Å². The number of anilines is 3. The number of carbonyl (C=O) groups excluding carboxylic acids is 1. The van der Waals surface area contributed by atoms with Crippen LogP contribution < -0.4 is 16.0 Å². The molecule has 4 nitrogen and oxygen atoms in total. The van der Waals surface area contributed by atoms with Gasteiger partial charge in [0.2, 0.25) is 0 Å². The Labute approximate surface area is 134 Å². The highest BCUT2D eigenvalue weighted by molar-refractivity contribution is 6.34. The summed E-state index contributed by atoms with van der Waals surface area (Å²) in [6, 6.07) is 12.6. The fourth-order valence-electron chi connectivity index (χ4n) is 2.72. The molecule has 2 aromatic carbocycles. The van der Waals surface area contributed by atoms with Crippen LogP contribution in [0.5, 0.6) is 0 Å². The molecule has 5 heteroatoms. The van der Waals surface area contributed by atoms with E-state index in [1.165, 1.54) is 12.8 Å². The van der Waals surface area contributed by atoms with Gasteiger partial charge in [0, 0.05) is 18.8 Å². The van der Waals surface area contributed by atoms with Crippen LogP contribution in [0.25, 0.3) is 0 Å². The first-order valence-corrected chi connectivity index (χ1v) is 7.73. The number of hydrogen-bond donors (Lipinski definition) is 2. The van der Waals surface area contributed by atoms with E-state index in [-0.39, 0.29) is 5.91 Å². The monoisotopic (exact) mass is 315 g/mol. The second-order valence-electron chi connectivity index (χ2n) is 5.40. The summed E-state index contributed by atoms with van der Waals surface area (Å²) in [4.78, 5) is 14.7. The van der Waals surface area contributed by atoms with Crippen LogP contribution in [0, 0.1) is 0 Å². The predicted octanol–water partition coefficient (Wildman–Crippen LogP) is 3.77. The molecule has 0 bridgehead atoms. The summed E-state index contributed by atoms with van der Waals surface area (Å²) < 4.78 is 0. The number of hydrogen-bond acceptors (Lipinski definition) is 3. The molecule has 114 valence electrons. The summed E-state index contributed by atoms with van der Waals surface area (Å²) in [6.45, 7) is 2.00. The summed E-state index contributed by atoms with van der Waals surface area (Å²) in [5, 5.41) is 3.38. The maximum Gasteiger partial charge on any atom is 0.257 e. The molecule has 0 spiro atoms. The number of halogens is 1. The van der Waals surface area contributed by atoms with Gasteiger partial charge in [-0.1, -0.05) is 23.7 Å². The fraction of sp³-hybridized carbons (Fsp3) is 0.235. The number of nitrogens with two attached hydrogens (primary N) is 1. The van der Waals surface area contributed by atoms with Gasteiger partial charge in [0.1, 0.15) is 0 Å². The van der Waals surface area contributed by atoms with Crippen molar-refractivity contribution in [2.24, 2.45) is 0 Å². The number of rotatable bonds is 3. The molecule has 0 unspecified atom stereocenters. The summed E-state index contributed by atoms with van der Waals surface area (Å²) in [6.07, 6.45) is 2.34. The number of benzene rings is 2. The van der Waals surface area contributed by atoms with E-state index in [0.29, 0.717) is 16.3 Å². The molecule has 1 amide bonds. The Morgan fingerprint density at radius 2 is 1.86 bits per heavy atom. The number of amides is 1. The number of nitrogens with one attached hydrogen (secondary N) is 1. The molecule has 0 radical (unpaired) electrons. The van der Waals surface area contributed by atoms with Crippen molar-refractivity contribution in [2.45, 2.75) is 12.8 Å². The van der Waals surface area contributed by atoms with Crippen molar-refractivity contribution in [3.8, 4) is 0 Å². The zero-order valence-corrected chi connectivity index (χ0v) is 12.9. The number of carbonyl (C=O) groups is 1. The van der Waals surface area contributed by atoms with E-state index in [9.17, 15) is 4.79 Å². The van der Waals surface area contributed by atoms with E-state index >= 15 is 0 Å². The highest BCUT2D eigenvalue weighted by Crippen LogP contribution is 2.31. The Bertz CT molecular complexity index is 696. The first-order chi connectivity index (χ1) is 10.6. The zero-order valence-electron chi connectivity index (χ0n) is 12.2. The Hall–Kier alpha value is -2.20. The summed E-state index contributed by atoms with van der Waals surface area (Å²) in [7, 11) is 0. The molecule has 1 aliphatic heterocycles. The van der Waals surface area contributed by atoms with Crippen LogP contribution in [0.15, 0.2) is 42.5 Å². The lowest BCUT2D eigenvalue weighted by atomic mass is 10.2. The van der Waals surface area contributed by atoms with Gasteiger partial charge in [0.25, 0.3) is 5.91 Å². The molecular weight excluding hydrogens is 298 g/mol. The third kappa shape index (κ3) is 3.02. The van der Waals surface area contributed by atoms with E-state index in [2.05, 4.69) is 10.2 Å². The largest absolute Gasteiger partial charge is 0.399 e. The first kappa shape index (κ1) is 14.7. The van der Waals surface area contributed by atoms with Gasteiger partial charge in [-0.05, 0) is 43.2 Å². The van der Waals surface area contributed by atoms with Gasteiger partial charge in [0.05, 0.1) is 22.0 Å². The van der Waals surface area contributed by atoms with Crippen LogP contribution in [-0.2, 0) is 0 Å². The molecule has 1 fully saturated rings. The van der Waals surface area contributed by atoms with Gasteiger partial charge < -0.3 is 16.0 Å². The molecule has 1 saturated heterocycles. The van der Waals surface area contributed by atoms with Gasteiger partial charge in [0.15, 0.2) is 0 Å². The van der Waals surface area contributed by atoms with Crippen LogP contribution in [0.1, 0.15) is 23.2 Å². The predicted molar refractivity (Wildman–Crippen MR) is 91.7 cm³/mol. The lowest BCUT2D eigenvalue weighted by Gasteiger charge is -2.22. The minimum absolute atomic E-state index is 0.225. The summed E-state index contributed by atoms with van der Waals surface area (Å²) in [5.41, 5.74) is 8.69. The Morgan fingerprint density at radius 3 is 2.59 bits per heavy atom. The van der Waals surface area contributed by atoms with Gasteiger partial charge >= 0.3 is 0 Å². The zero-order chi connectivity index (χ0) is 15.5. The highest BCUT2D eigenvalue weighted by Gasteiger charge is 2.18. The molecule has 0 atom stereocenters. The SMILES string of the molecule is Nc1ccc(N2CCCC2)c(NC(=O)c2ccccc2Cl)c1. The molecule has 0 saturated carbocycles. The minimum atomic E-state index is -0.225. The normalized spacial score (nSPS) is 14.1.